The molecule has 1 aliphatic rings. The Kier molecular flexibility index (Phi) is 7.01. The number of sulfone groups is 1. The van der Waals surface area contributed by atoms with Gasteiger partial charge in [-0.2, -0.15) is 5.10 Å². The van der Waals surface area contributed by atoms with Crippen molar-refractivity contribution in [2.45, 2.75) is 56.6 Å². The Labute approximate surface area is 198 Å². The van der Waals surface area contributed by atoms with Crippen molar-refractivity contribution in [1.82, 2.24) is 24.6 Å². The number of carbonyl (C=O) groups excluding carboxylic acids is 1. The van der Waals surface area contributed by atoms with Crippen LogP contribution in [0.1, 0.15) is 39.5 Å². The zero-order chi connectivity index (χ0) is 24.3. The zero-order valence-corrected chi connectivity index (χ0v) is 20.4. The predicted molar refractivity (Wildman–Crippen MR) is 126 cm³/mol. The van der Waals surface area contributed by atoms with Crippen LogP contribution in [0.2, 0.25) is 0 Å². The minimum atomic E-state index is -3.28. The largest absolute Gasteiger partial charge is 0.474 e. The van der Waals surface area contributed by atoms with Gasteiger partial charge in [-0.15, -0.1) is 0 Å². The van der Waals surface area contributed by atoms with Gasteiger partial charge in [-0.05, 0) is 37.1 Å². The number of carbonyl (C=O) groups is 1. The summed E-state index contributed by atoms with van der Waals surface area (Å²) >= 11 is 0. The number of benzene rings is 1. The van der Waals surface area contributed by atoms with Crippen molar-refractivity contribution in [3.05, 3.63) is 36.8 Å². The van der Waals surface area contributed by atoms with Gasteiger partial charge in [0.05, 0.1) is 16.8 Å². The fraction of sp³-hybridized carbons (Fsp3) is 0.478. The predicted octanol–water partition coefficient (Wildman–Crippen LogP) is 3.39. The van der Waals surface area contributed by atoms with E-state index in [9.17, 15) is 13.2 Å². The van der Waals surface area contributed by atoms with Crippen LogP contribution in [-0.4, -0.2) is 70.7 Å². The summed E-state index contributed by atoms with van der Waals surface area (Å²) in [7, 11) is -3.28. The lowest BCUT2D eigenvalue weighted by atomic mass is 10.1. The van der Waals surface area contributed by atoms with Crippen molar-refractivity contribution in [2.24, 2.45) is 0 Å². The van der Waals surface area contributed by atoms with E-state index < -0.39 is 9.84 Å². The normalized spacial score (nSPS) is 15.1. The van der Waals surface area contributed by atoms with Gasteiger partial charge in [0.25, 0.3) is 0 Å². The summed E-state index contributed by atoms with van der Waals surface area (Å²) in [5.41, 5.74) is 1.24. The standard InChI is InChI=1S/C23H29N5O5S/c1-4-17(5-2)33-23(29)27-12-10-18(11-13-27)32-22-20-14-26-28(21(20)24-15-25-22)16-6-8-19(9-7-16)34(3,30)31/h6-9,14-15,17-18H,4-5,10-13H2,1-3H3. The van der Waals surface area contributed by atoms with E-state index in [-0.39, 0.29) is 23.2 Å². The maximum Gasteiger partial charge on any atom is 0.410 e. The number of amides is 1. The van der Waals surface area contributed by atoms with Gasteiger partial charge in [0.15, 0.2) is 15.5 Å². The van der Waals surface area contributed by atoms with Crippen molar-refractivity contribution < 1.29 is 22.7 Å². The first-order valence-electron chi connectivity index (χ1n) is 11.4. The molecule has 0 spiro atoms. The number of likely N-dealkylation sites (tertiary alicyclic amines) is 1. The van der Waals surface area contributed by atoms with Gasteiger partial charge in [-0.1, -0.05) is 13.8 Å². The summed E-state index contributed by atoms with van der Waals surface area (Å²) in [5, 5.41) is 5.06. The second-order valence-electron chi connectivity index (χ2n) is 8.37. The molecular weight excluding hydrogens is 458 g/mol. The zero-order valence-electron chi connectivity index (χ0n) is 19.5. The lowest BCUT2D eigenvalue weighted by molar-refractivity contribution is 0.0391. The van der Waals surface area contributed by atoms with Crippen LogP contribution in [0.4, 0.5) is 4.79 Å². The minimum Gasteiger partial charge on any atom is -0.474 e. The Hall–Kier alpha value is -3.21. The molecule has 11 heteroatoms. The van der Waals surface area contributed by atoms with Crippen LogP contribution >= 0.6 is 0 Å². The monoisotopic (exact) mass is 487 g/mol. The summed E-state index contributed by atoms with van der Waals surface area (Å²) in [6, 6.07) is 6.45. The van der Waals surface area contributed by atoms with E-state index in [2.05, 4.69) is 15.1 Å². The van der Waals surface area contributed by atoms with E-state index in [1.165, 1.54) is 12.6 Å². The van der Waals surface area contributed by atoms with E-state index in [4.69, 9.17) is 9.47 Å². The van der Waals surface area contributed by atoms with E-state index in [1.54, 1.807) is 40.0 Å². The van der Waals surface area contributed by atoms with Crippen molar-refractivity contribution in [2.75, 3.05) is 19.3 Å². The van der Waals surface area contributed by atoms with Crippen molar-refractivity contribution >= 4 is 27.0 Å². The molecule has 0 saturated carbocycles. The van der Waals surface area contributed by atoms with Crippen LogP contribution in [0, 0.1) is 0 Å². The molecule has 0 N–H and O–H groups in total. The van der Waals surface area contributed by atoms with Crippen LogP contribution < -0.4 is 4.74 Å². The molecule has 0 bridgehead atoms. The molecule has 0 radical (unpaired) electrons. The lowest BCUT2D eigenvalue weighted by Gasteiger charge is -2.32. The second kappa shape index (κ2) is 9.96. The molecule has 182 valence electrons. The number of hydrogen-bond donors (Lipinski definition) is 0. The number of piperidine rings is 1. The van der Waals surface area contributed by atoms with E-state index in [0.717, 1.165) is 12.8 Å². The fourth-order valence-corrected chi connectivity index (χ4v) is 4.56. The lowest BCUT2D eigenvalue weighted by Crippen LogP contribution is -2.43. The Morgan fingerprint density at radius 1 is 1.12 bits per heavy atom. The Balaban J connectivity index is 1.44. The minimum absolute atomic E-state index is 0.0464. The summed E-state index contributed by atoms with van der Waals surface area (Å²) in [6.45, 7) is 5.14. The highest BCUT2D eigenvalue weighted by Crippen LogP contribution is 2.27. The molecule has 10 nitrogen and oxygen atoms in total. The van der Waals surface area contributed by atoms with Crippen LogP contribution in [0.5, 0.6) is 5.88 Å². The Morgan fingerprint density at radius 2 is 1.79 bits per heavy atom. The van der Waals surface area contributed by atoms with E-state index in [0.29, 0.717) is 48.5 Å². The first-order chi connectivity index (χ1) is 16.3. The number of nitrogens with zero attached hydrogens (tertiary/aromatic N) is 5. The third-order valence-electron chi connectivity index (χ3n) is 6.00. The molecule has 3 aromatic rings. The smallest absolute Gasteiger partial charge is 0.410 e. The van der Waals surface area contributed by atoms with E-state index >= 15 is 0 Å². The third kappa shape index (κ3) is 5.14. The van der Waals surface area contributed by atoms with Gasteiger partial charge in [0.2, 0.25) is 5.88 Å². The van der Waals surface area contributed by atoms with Crippen molar-refractivity contribution in [3.8, 4) is 11.6 Å². The molecule has 2 aromatic heterocycles. The fourth-order valence-electron chi connectivity index (χ4n) is 3.93. The molecule has 1 fully saturated rings. The summed E-state index contributed by atoms with van der Waals surface area (Å²) in [5.74, 6) is 0.432. The molecule has 0 aliphatic carbocycles. The van der Waals surface area contributed by atoms with Gasteiger partial charge >= 0.3 is 6.09 Å². The van der Waals surface area contributed by atoms with E-state index in [1.807, 2.05) is 13.8 Å². The van der Waals surface area contributed by atoms with Crippen LogP contribution in [0.3, 0.4) is 0 Å². The first-order valence-corrected chi connectivity index (χ1v) is 13.3. The van der Waals surface area contributed by atoms with Gasteiger partial charge in [-0.25, -0.2) is 27.9 Å². The maximum atomic E-state index is 12.4. The number of ether oxygens (including phenoxy) is 2. The molecule has 0 atom stereocenters. The average molecular weight is 488 g/mol. The molecule has 4 rings (SSSR count). The maximum absolute atomic E-state index is 12.4. The van der Waals surface area contributed by atoms with Gasteiger partial charge in [0.1, 0.15) is 23.9 Å². The molecule has 34 heavy (non-hydrogen) atoms. The average Bonchev–Trinajstić information content (AvgIpc) is 3.27. The SMILES string of the molecule is CCC(CC)OC(=O)N1CCC(Oc2ncnc3c2cnn3-c2ccc(S(C)(=O)=O)cc2)CC1. The van der Waals surface area contributed by atoms with Crippen molar-refractivity contribution in [3.63, 3.8) is 0 Å². The van der Waals surface area contributed by atoms with Crippen LogP contribution in [0.15, 0.2) is 41.7 Å². The summed E-state index contributed by atoms with van der Waals surface area (Å²) in [6.07, 6.45) is 6.78. The van der Waals surface area contributed by atoms with Crippen LogP contribution in [-0.2, 0) is 14.6 Å². The second-order valence-corrected chi connectivity index (χ2v) is 10.4. The first kappa shape index (κ1) is 23.9. The van der Waals surface area contributed by atoms with Crippen molar-refractivity contribution in [1.29, 1.82) is 0 Å². The Morgan fingerprint density at radius 3 is 2.41 bits per heavy atom. The summed E-state index contributed by atoms with van der Waals surface area (Å²) in [4.78, 5) is 23.0. The summed E-state index contributed by atoms with van der Waals surface area (Å²) < 4.78 is 36.8. The number of hydrogen-bond acceptors (Lipinski definition) is 8. The Bertz CT molecular complexity index is 1250. The molecule has 1 amide bonds. The number of aromatic nitrogens is 4. The number of rotatable bonds is 7. The molecule has 3 heterocycles. The highest BCUT2D eigenvalue weighted by atomic mass is 32.2. The quantitative estimate of drug-likeness (QED) is 0.498. The molecule has 1 aromatic carbocycles. The highest BCUT2D eigenvalue weighted by Gasteiger charge is 2.27. The molecule has 1 aliphatic heterocycles. The van der Waals surface area contributed by atoms with Gasteiger partial charge < -0.3 is 14.4 Å². The topological polar surface area (TPSA) is 117 Å². The highest BCUT2D eigenvalue weighted by molar-refractivity contribution is 7.90. The third-order valence-corrected chi connectivity index (χ3v) is 7.12. The molecule has 0 unspecified atom stereocenters. The van der Waals surface area contributed by atoms with Gasteiger partial charge in [-0.3, -0.25) is 0 Å². The number of fused-ring (bicyclic) bond motifs is 1. The van der Waals surface area contributed by atoms with Gasteiger partial charge in [0, 0.05) is 32.2 Å². The molecular formula is C23H29N5O5S. The molecule has 1 saturated heterocycles. The van der Waals surface area contributed by atoms with Crippen LogP contribution in [0.25, 0.3) is 16.7 Å².